The lowest BCUT2D eigenvalue weighted by Crippen LogP contribution is -2.54. The number of benzene rings is 1. The van der Waals surface area contributed by atoms with Crippen LogP contribution in [-0.2, 0) is 6.54 Å². The van der Waals surface area contributed by atoms with Crippen LogP contribution < -0.4 is 21.7 Å². The van der Waals surface area contributed by atoms with E-state index >= 15 is 0 Å². The van der Waals surface area contributed by atoms with Gasteiger partial charge in [0.2, 0.25) is 0 Å². The number of aliphatic hydroxyl groups excluding tert-OH is 1. The maximum atomic E-state index is 12.7. The predicted molar refractivity (Wildman–Crippen MR) is 140 cm³/mol. The summed E-state index contributed by atoms with van der Waals surface area (Å²) in [4.78, 5) is 34.4. The lowest BCUT2D eigenvalue weighted by Gasteiger charge is -2.40. The quantitative estimate of drug-likeness (QED) is 0.376. The third-order valence-corrected chi connectivity index (χ3v) is 6.69. The number of rotatable bonds is 7. The molecular formula is C26H34N8O3. The molecule has 1 aliphatic heterocycles. The minimum Gasteiger partial charge on any atom is -0.396 e. The van der Waals surface area contributed by atoms with E-state index in [0.717, 1.165) is 19.4 Å². The van der Waals surface area contributed by atoms with E-state index in [4.69, 9.17) is 16.6 Å². The number of primary amides is 1. The van der Waals surface area contributed by atoms with Crippen LogP contribution in [0.1, 0.15) is 64.9 Å². The fraction of sp³-hybridized carbons (Fsp3) is 0.423. The Morgan fingerprint density at radius 1 is 1.11 bits per heavy atom. The van der Waals surface area contributed by atoms with E-state index in [1.807, 2.05) is 12.1 Å². The minimum atomic E-state index is -0.594. The number of nitrogens with two attached hydrogens (primary N) is 2. The summed E-state index contributed by atoms with van der Waals surface area (Å²) in [7, 11) is 0. The molecule has 1 aromatic carbocycles. The number of nitrogens with one attached hydrogen (secondary N) is 1. The Bertz CT molecular complexity index is 1190. The van der Waals surface area contributed by atoms with E-state index in [1.54, 1.807) is 23.3 Å². The first-order valence-electron chi connectivity index (χ1n) is 12.5. The van der Waals surface area contributed by atoms with Crippen molar-refractivity contribution < 1.29 is 14.7 Å². The highest BCUT2D eigenvalue weighted by Crippen LogP contribution is 2.39. The van der Waals surface area contributed by atoms with E-state index in [2.05, 4.69) is 44.3 Å². The molecule has 2 aliphatic rings. The average Bonchev–Trinajstić information content (AvgIpc) is 3.67. The summed E-state index contributed by atoms with van der Waals surface area (Å²) in [5, 5.41) is 15.4. The van der Waals surface area contributed by atoms with Gasteiger partial charge in [-0.25, -0.2) is 9.97 Å². The molecule has 2 amide bonds. The van der Waals surface area contributed by atoms with Gasteiger partial charge in [0.1, 0.15) is 11.5 Å². The molecule has 0 bridgehead atoms. The first-order chi connectivity index (χ1) is 17.9. The van der Waals surface area contributed by atoms with Crippen molar-refractivity contribution in [2.45, 2.75) is 57.2 Å². The number of nitrogens with zero attached hydrogens (tertiary/aromatic N) is 5. The molecule has 0 spiro atoms. The van der Waals surface area contributed by atoms with Crippen molar-refractivity contribution in [1.29, 1.82) is 0 Å². The van der Waals surface area contributed by atoms with Crippen molar-refractivity contribution in [2.75, 3.05) is 23.8 Å². The van der Waals surface area contributed by atoms with Crippen LogP contribution in [-0.4, -0.2) is 61.9 Å². The molecule has 0 unspecified atom stereocenters. The molecule has 0 radical (unpaired) electrons. The van der Waals surface area contributed by atoms with Crippen LogP contribution in [0.2, 0.25) is 0 Å². The summed E-state index contributed by atoms with van der Waals surface area (Å²) in [6.07, 6.45) is 10.6. The molecule has 2 aromatic heterocycles. The zero-order valence-corrected chi connectivity index (χ0v) is 21.0. The molecule has 11 nitrogen and oxygen atoms in total. The van der Waals surface area contributed by atoms with E-state index in [0.29, 0.717) is 29.5 Å². The number of nitrogen functional groups attached to an aromatic ring is 1. The molecule has 2 atom stereocenters. The van der Waals surface area contributed by atoms with Crippen molar-refractivity contribution in [1.82, 2.24) is 25.1 Å². The van der Waals surface area contributed by atoms with Crippen molar-refractivity contribution in [2.24, 2.45) is 5.73 Å². The lowest BCUT2D eigenvalue weighted by atomic mass is 9.97. The van der Waals surface area contributed by atoms with Crippen LogP contribution >= 0.6 is 0 Å². The monoisotopic (exact) mass is 506 g/mol. The average molecular weight is 507 g/mol. The second-order valence-corrected chi connectivity index (χ2v) is 9.44. The molecule has 5 rings (SSSR count). The number of anilines is 2. The van der Waals surface area contributed by atoms with Crippen LogP contribution in [0, 0.1) is 0 Å². The third-order valence-electron chi connectivity index (χ3n) is 6.69. The maximum absolute atomic E-state index is 12.7. The Labute approximate surface area is 215 Å². The van der Waals surface area contributed by atoms with Gasteiger partial charge in [-0.2, -0.15) is 5.10 Å². The topological polar surface area (TPSA) is 165 Å². The molecule has 196 valence electrons. The zero-order chi connectivity index (χ0) is 26.4. The molecule has 6 N–H and O–H groups in total. The highest BCUT2D eigenvalue weighted by Gasteiger charge is 2.30. The molecule has 37 heavy (non-hydrogen) atoms. The summed E-state index contributed by atoms with van der Waals surface area (Å²) in [5.74, 6) is 0.733. The summed E-state index contributed by atoms with van der Waals surface area (Å²) in [6, 6.07) is 8.06. The molecule has 2 fully saturated rings. The number of carbonyl (C=O) groups excluding carboxylic acids is 2. The Morgan fingerprint density at radius 3 is 2.43 bits per heavy atom. The third kappa shape index (κ3) is 6.82. The van der Waals surface area contributed by atoms with Crippen molar-refractivity contribution in [3.63, 3.8) is 0 Å². The Hall–Kier alpha value is -3.99. The summed E-state index contributed by atoms with van der Waals surface area (Å²) in [6.45, 7) is 3.51. The van der Waals surface area contributed by atoms with Crippen molar-refractivity contribution >= 4 is 23.3 Å². The highest BCUT2D eigenvalue weighted by atomic mass is 16.3. The van der Waals surface area contributed by atoms with Gasteiger partial charge in [0, 0.05) is 30.4 Å². The molecule has 3 aromatic rings. The molecule has 1 saturated heterocycles. The van der Waals surface area contributed by atoms with Crippen LogP contribution in [0.15, 0.2) is 49.1 Å². The van der Waals surface area contributed by atoms with Gasteiger partial charge in [-0.05, 0) is 56.2 Å². The predicted octanol–water partition coefficient (Wildman–Crippen LogP) is 1.70. The van der Waals surface area contributed by atoms with Crippen molar-refractivity contribution in [3.8, 4) is 0 Å². The number of aromatic nitrogens is 4. The van der Waals surface area contributed by atoms with E-state index in [1.165, 1.54) is 24.6 Å². The van der Waals surface area contributed by atoms with Crippen LogP contribution in [0.3, 0.4) is 0 Å². The van der Waals surface area contributed by atoms with Crippen LogP contribution in [0.25, 0.3) is 0 Å². The first kappa shape index (κ1) is 26.1. The van der Waals surface area contributed by atoms with Gasteiger partial charge in [0.25, 0.3) is 11.8 Å². The van der Waals surface area contributed by atoms with Crippen LogP contribution in [0.5, 0.6) is 0 Å². The fourth-order valence-electron chi connectivity index (χ4n) is 4.44. The number of aliphatic hydroxyl groups is 1. The highest BCUT2D eigenvalue weighted by molar-refractivity contribution is 5.94. The van der Waals surface area contributed by atoms with E-state index in [-0.39, 0.29) is 30.3 Å². The van der Waals surface area contributed by atoms with Gasteiger partial charge in [-0.15, -0.1) is 0 Å². The largest absolute Gasteiger partial charge is 0.396 e. The van der Waals surface area contributed by atoms with Crippen LogP contribution in [0.4, 0.5) is 11.5 Å². The number of hydrogen-bond donors (Lipinski definition) is 4. The van der Waals surface area contributed by atoms with Gasteiger partial charge in [-0.3, -0.25) is 14.3 Å². The summed E-state index contributed by atoms with van der Waals surface area (Å²) >= 11 is 0. The minimum absolute atomic E-state index is 0.0157. The normalized spacial score (nSPS) is 19.0. The Balaban J connectivity index is 0.000000301. The smallest absolute Gasteiger partial charge is 0.268 e. The number of piperidine rings is 1. The molecule has 1 saturated carbocycles. The second kappa shape index (κ2) is 11.8. The summed E-state index contributed by atoms with van der Waals surface area (Å²) in [5.41, 5.74) is 13.4. The molecular weight excluding hydrogens is 472 g/mol. The summed E-state index contributed by atoms with van der Waals surface area (Å²) < 4.78 is 1.59. The lowest BCUT2D eigenvalue weighted by molar-refractivity contribution is 0.0923. The standard InChI is InChI=1S/C21H25N5O2.C5H9N3O/c1-13-17(25-21(28)16-8-6-15(7-9-16)14-4-5-14)3-2-10-26(13)19-12-23-18(11-24-19)20(22)27;6-5-3-7-8(4-5)1-2-9/h6-9,11-14,17H,2-5,10H2,1H3,(H2,22,27)(H,25,28);3-4,9H,1-2,6H2/t13-,17-;/m1./s1. The van der Waals surface area contributed by atoms with E-state index < -0.39 is 5.91 Å². The van der Waals surface area contributed by atoms with Crippen molar-refractivity contribution in [3.05, 3.63) is 65.9 Å². The Kier molecular flexibility index (Phi) is 8.34. The number of amides is 2. The molecule has 11 heteroatoms. The van der Waals surface area contributed by atoms with E-state index in [9.17, 15) is 9.59 Å². The number of hydrogen-bond acceptors (Lipinski definition) is 8. The SMILES string of the molecule is C[C@@H]1[C@H](NC(=O)c2ccc(C3CC3)cc2)CCCN1c1cnc(C(N)=O)cn1.Nc1cnn(CCO)c1. The van der Waals surface area contributed by atoms with Gasteiger partial charge in [0.05, 0.1) is 37.4 Å². The molecule has 3 heterocycles. The second-order valence-electron chi connectivity index (χ2n) is 9.44. The zero-order valence-electron chi connectivity index (χ0n) is 21.0. The Morgan fingerprint density at radius 2 is 1.86 bits per heavy atom. The van der Waals surface area contributed by atoms with Gasteiger partial charge < -0.3 is 26.8 Å². The number of carbonyl (C=O) groups is 2. The maximum Gasteiger partial charge on any atom is 0.268 e. The van der Waals surface area contributed by atoms with Gasteiger partial charge in [0.15, 0.2) is 0 Å². The fourth-order valence-corrected chi connectivity index (χ4v) is 4.44. The molecule has 1 aliphatic carbocycles. The van der Waals surface area contributed by atoms with Gasteiger partial charge in [-0.1, -0.05) is 12.1 Å². The van der Waals surface area contributed by atoms with Gasteiger partial charge >= 0.3 is 0 Å². The first-order valence-corrected chi connectivity index (χ1v) is 12.5.